The molecule has 2 heterocycles. The van der Waals surface area contributed by atoms with Crippen LogP contribution in [0.5, 0.6) is 0 Å². The van der Waals surface area contributed by atoms with E-state index in [1.165, 1.54) is 13.3 Å². The molecular formula is C28H31N5O7S. The van der Waals surface area contributed by atoms with Crippen LogP contribution in [0.2, 0.25) is 0 Å². The highest BCUT2D eigenvalue weighted by molar-refractivity contribution is 7.86. The smallest absolute Gasteiger partial charge is 0.280 e. The second-order valence-electron chi connectivity index (χ2n) is 9.99. The van der Waals surface area contributed by atoms with E-state index in [0.29, 0.717) is 19.6 Å². The van der Waals surface area contributed by atoms with Crippen molar-refractivity contribution in [3.63, 3.8) is 0 Å². The Hall–Kier alpha value is -3.91. The molecule has 1 amide bonds. The summed E-state index contributed by atoms with van der Waals surface area (Å²) in [4.78, 5) is 35.4. The van der Waals surface area contributed by atoms with Gasteiger partial charge in [0.2, 0.25) is 11.9 Å². The molecule has 0 bridgehead atoms. The van der Waals surface area contributed by atoms with Gasteiger partial charge in [0.25, 0.3) is 15.7 Å². The Balaban J connectivity index is 1.49. The van der Waals surface area contributed by atoms with Gasteiger partial charge >= 0.3 is 0 Å². The quantitative estimate of drug-likeness (QED) is 0.254. The fourth-order valence-electron chi connectivity index (χ4n) is 5.11. The van der Waals surface area contributed by atoms with Crippen molar-refractivity contribution >= 4 is 33.1 Å². The Labute approximate surface area is 236 Å². The third-order valence-corrected chi connectivity index (χ3v) is 7.42. The van der Waals surface area contributed by atoms with E-state index in [2.05, 4.69) is 20.3 Å². The van der Waals surface area contributed by atoms with Gasteiger partial charge in [-0.05, 0) is 17.5 Å². The number of imidazole rings is 1. The number of hydrogen-bond donors (Lipinski definition) is 2. The molecular weight excluding hydrogens is 550 g/mol. The van der Waals surface area contributed by atoms with Gasteiger partial charge in [0, 0.05) is 12.8 Å². The number of benzene rings is 2. The summed E-state index contributed by atoms with van der Waals surface area (Å²) in [6, 6.07) is 18.7. The van der Waals surface area contributed by atoms with Crippen LogP contribution in [0.4, 0.5) is 5.95 Å². The standard InChI is InChI=1S/C28H31N5O7S/c1-18(34)30-28-31-26-24(27(35)32-28)29-17-33(26)22-13-23(39-15-20-11-7-4-8-12-20)21(25(22)40-41(2,36)37)16-38-14-19-9-5-3-6-10-19/h3-12,17,21-23,25H,13-16H2,1-2H3,(H2,30,31,32,34,35)/t21-,22+,23+,25+/m1/s1. The number of ether oxygens (including phenoxy) is 2. The van der Waals surface area contributed by atoms with Gasteiger partial charge < -0.3 is 14.0 Å². The number of anilines is 1. The summed E-state index contributed by atoms with van der Waals surface area (Å²) in [5, 5.41) is 2.48. The summed E-state index contributed by atoms with van der Waals surface area (Å²) in [5.74, 6) is -0.950. The predicted octanol–water partition coefficient (Wildman–Crippen LogP) is 2.79. The molecule has 4 atom stereocenters. The maximum atomic E-state index is 12.7. The molecule has 4 aromatic rings. The van der Waals surface area contributed by atoms with E-state index in [0.717, 1.165) is 17.4 Å². The number of aromatic nitrogens is 4. The number of amides is 1. The van der Waals surface area contributed by atoms with Gasteiger partial charge in [-0.2, -0.15) is 13.4 Å². The molecule has 1 fully saturated rings. The Kier molecular flexibility index (Phi) is 8.59. The minimum absolute atomic E-state index is 0.0442. The number of aromatic amines is 1. The first-order chi connectivity index (χ1) is 19.7. The van der Waals surface area contributed by atoms with Crippen LogP contribution in [-0.4, -0.2) is 58.9 Å². The van der Waals surface area contributed by atoms with Crippen molar-refractivity contribution in [2.45, 2.75) is 44.8 Å². The van der Waals surface area contributed by atoms with Gasteiger partial charge in [0.1, 0.15) is 6.10 Å². The molecule has 0 saturated heterocycles. The normalized spacial score (nSPS) is 20.8. The van der Waals surface area contributed by atoms with Crippen molar-refractivity contribution in [2.75, 3.05) is 18.2 Å². The summed E-state index contributed by atoms with van der Waals surface area (Å²) in [6.07, 6.45) is 1.38. The predicted molar refractivity (Wildman–Crippen MR) is 150 cm³/mol. The topological polar surface area (TPSA) is 154 Å². The van der Waals surface area contributed by atoms with Gasteiger partial charge in [-0.25, -0.2) is 4.98 Å². The Morgan fingerprint density at radius 1 is 1.07 bits per heavy atom. The monoisotopic (exact) mass is 581 g/mol. The van der Waals surface area contributed by atoms with Gasteiger partial charge in [-0.1, -0.05) is 60.7 Å². The number of carbonyl (C=O) groups excluding carboxylic acids is 1. The second-order valence-corrected chi connectivity index (χ2v) is 11.6. The third kappa shape index (κ3) is 7.06. The van der Waals surface area contributed by atoms with Crippen molar-refractivity contribution in [1.29, 1.82) is 0 Å². The highest BCUT2D eigenvalue weighted by Crippen LogP contribution is 2.41. The number of fused-ring (bicyclic) bond motifs is 1. The van der Waals surface area contributed by atoms with Gasteiger partial charge in [0.15, 0.2) is 11.2 Å². The zero-order chi connectivity index (χ0) is 29.0. The lowest BCUT2D eigenvalue weighted by Crippen LogP contribution is -2.35. The van der Waals surface area contributed by atoms with Crippen LogP contribution < -0.4 is 10.9 Å². The number of rotatable bonds is 11. The minimum atomic E-state index is -3.91. The average molecular weight is 582 g/mol. The Morgan fingerprint density at radius 2 is 1.73 bits per heavy atom. The molecule has 216 valence electrons. The third-order valence-electron chi connectivity index (χ3n) is 6.85. The summed E-state index contributed by atoms with van der Waals surface area (Å²) in [6.45, 7) is 2.07. The summed E-state index contributed by atoms with van der Waals surface area (Å²) < 4.78 is 44.7. The lowest BCUT2D eigenvalue weighted by atomic mass is 10.0. The zero-order valence-corrected chi connectivity index (χ0v) is 23.4. The highest BCUT2D eigenvalue weighted by Gasteiger charge is 2.48. The number of nitrogens with zero attached hydrogens (tertiary/aromatic N) is 3. The van der Waals surface area contributed by atoms with Crippen LogP contribution in [0.3, 0.4) is 0 Å². The first kappa shape index (κ1) is 28.6. The molecule has 0 aliphatic heterocycles. The minimum Gasteiger partial charge on any atom is -0.376 e. The first-order valence-corrected chi connectivity index (χ1v) is 14.9. The first-order valence-electron chi connectivity index (χ1n) is 13.1. The fraction of sp³-hybridized carbons (Fsp3) is 0.357. The van der Waals surface area contributed by atoms with E-state index in [4.69, 9.17) is 13.7 Å². The number of hydrogen-bond acceptors (Lipinski definition) is 9. The summed E-state index contributed by atoms with van der Waals surface area (Å²) in [5.41, 5.74) is 1.61. The van der Waals surface area contributed by atoms with Crippen molar-refractivity contribution < 1.29 is 26.9 Å². The molecule has 1 aliphatic rings. The van der Waals surface area contributed by atoms with Crippen molar-refractivity contribution in [3.8, 4) is 0 Å². The van der Waals surface area contributed by atoms with Gasteiger partial charge in [0.05, 0.1) is 44.5 Å². The van der Waals surface area contributed by atoms with E-state index in [1.807, 2.05) is 60.7 Å². The van der Waals surface area contributed by atoms with E-state index in [1.54, 1.807) is 4.57 Å². The maximum Gasteiger partial charge on any atom is 0.280 e. The summed E-state index contributed by atoms with van der Waals surface area (Å²) in [7, 11) is -3.91. The zero-order valence-electron chi connectivity index (χ0n) is 22.6. The molecule has 41 heavy (non-hydrogen) atoms. The second kappa shape index (κ2) is 12.3. The molecule has 1 aliphatic carbocycles. The van der Waals surface area contributed by atoms with E-state index in [-0.39, 0.29) is 23.7 Å². The molecule has 0 spiro atoms. The van der Waals surface area contributed by atoms with Gasteiger partial charge in [-0.3, -0.25) is 24.1 Å². The van der Waals surface area contributed by atoms with Crippen LogP contribution in [0.15, 0.2) is 71.8 Å². The average Bonchev–Trinajstić information content (AvgIpc) is 3.49. The van der Waals surface area contributed by atoms with Crippen LogP contribution in [0.25, 0.3) is 11.2 Å². The van der Waals surface area contributed by atoms with E-state index < -0.39 is 45.8 Å². The van der Waals surface area contributed by atoms with Crippen LogP contribution >= 0.6 is 0 Å². The molecule has 2 N–H and O–H groups in total. The van der Waals surface area contributed by atoms with E-state index >= 15 is 0 Å². The van der Waals surface area contributed by atoms with Gasteiger partial charge in [-0.15, -0.1) is 0 Å². The Morgan fingerprint density at radius 3 is 2.37 bits per heavy atom. The Bertz CT molecular complexity index is 1660. The van der Waals surface area contributed by atoms with Crippen LogP contribution in [0, 0.1) is 5.92 Å². The fourth-order valence-corrected chi connectivity index (χ4v) is 5.78. The van der Waals surface area contributed by atoms with Crippen LogP contribution in [-0.2, 0) is 41.8 Å². The van der Waals surface area contributed by atoms with E-state index in [9.17, 15) is 18.0 Å². The molecule has 2 aromatic carbocycles. The molecule has 12 nitrogen and oxygen atoms in total. The van der Waals surface area contributed by atoms with Crippen molar-refractivity contribution in [1.82, 2.24) is 19.5 Å². The lowest BCUT2D eigenvalue weighted by molar-refractivity contribution is -0.114. The SMILES string of the molecule is CC(=O)Nc1nc2c(ncn2[C@H]2C[C@H](OCc3ccccc3)[C@@H](COCc3ccccc3)[C@@H]2OS(C)(=O)=O)c(=O)[nH]1. The largest absolute Gasteiger partial charge is 0.376 e. The number of H-pyrrole nitrogens is 1. The van der Waals surface area contributed by atoms with Crippen molar-refractivity contribution in [3.05, 3.63) is 88.5 Å². The molecule has 1 saturated carbocycles. The highest BCUT2D eigenvalue weighted by atomic mass is 32.2. The number of carbonyl (C=O) groups is 1. The van der Waals surface area contributed by atoms with Crippen molar-refractivity contribution in [2.24, 2.45) is 5.92 Å². The lowest BCUT2D eigenvalue weighted by Gasteiger charge is -2.26. The maximum absolute atomic E-state index is 12.7. The molecule has 2 aromatic heterocycles. The molecule has 13 heteroatoms. The molecule has 0 unspecified atom stereocenters. The van der Waals surface area contributed by atoms with Crippen LogP contribution in [0.1, 0.15) is 30.5 Å². The number of nitrogens with one attached hydrogen (secondary N) is 2. The molecule has 0 radical (unpaired) electrons. The molecule has 5 rings (SSSR count). The summed E-state index contributed by atoms with van der Waals surface area (Å²) >= 11 is 0.